The second-order valence-corrected chi connectivity index (χ2v) is 14.8. The van der Waals surface area contributed by atoms with Crippen LogP contribution in [0.25, 0.3) is 33.4 Å². The number of carbonyl (C=O) groups is 2. The van der Waals surface area contributed by atoms with Crippen molar-refractivity contribution in [1.29, 1.82) is 0 Å². The van der Waals surface area contributed by atoms with Crippen LogP contribution in [0, 0.1) is 17.6 Å². The zero-order valence-corrected chi connectivity index (χ0v) is 31.7. The zero-order chi connectivity index (χ0) is 38.3. The van der Waals surface area contributed by atoms with Crippen LogP contribution in [0.2, 0.25) is 0 Å². The Hall–Kier alpha value is -5.20. The van der Waals surface area contributed by atoms with Gasteiger partial charge in [0.05, 0.1) is 5.69 Å². The van der Waals surface area contributed by atoms with Gasteiger partial charge in [0, 0.05) is 73.6 Å². The first kappa shape index (κ1) is 38.1. The molecule has 0 bridgehead atoms. The molecule has 55 heavy (non-hydrogen) atoms. The Morgan fingerprint density at radius 2 is 1.67 bits per heavy atom. The summed E-state index contributed by atoms with van der Waals surface area (Å²) in [5.74, 6) is 0.465. The highest BCUT2D eigenvalue weighted by Gasteiger charge is 2.25. The monoisotopic (exact) mass is 748 g/mol. The van der Waals surface area contributed by atoms with E-state index in [1.54, 1.807) is 19.2 Å². The summed E-state index contributed by atoms with van der Waals surface area (Å²) in [5.41, 5.74) is 7.16. The van der Waals surface area contributed by atoms with Gasteiger partial charge in [0.15, 0.2) is 5.65 Å². The summed E-state index contributed by atoms with van der Waals surface area (Å²) < 4.78 is 29.9. The first-order chi connectivity index (χ1) is 26.8. The Morgan fingerprint density at radius 3 is 2.36 bits per heavy atom. The van der Waals surface area contributed by atoms with E-state index in [0.29, 0.717) is 40.8 Å². The van der Waals surface area contributed by atoms with Crippen molar-refractivity contribution in [2.24, 2.45) is 5.92 Å². The number of fused-ring (bicyclic) bond motifs is 1. The Labute approximate surface area is 321 Å². The number of hydrogen-bond donors (Lipinski definition) is 3. The molecule has 7 rings (SSSR count). The number of benzene rings is 3. The molecule has 2 aromatic heterocycles. The smallest absolute Gasteiger partial charge is 0.321 e. The lowest BCUT2D eigenvalue weighted by Gasteiger charge is -2.36. The summed E-state index contributed by atoms with van der Waals surface area (Å²) >= 11 is 0. The van der Waals surface area contributed by atoms with Crippen LogP contribution in [0.15, 0.2) is 72.9 Å². The molecule has 2 fully saturated rings. The molecule has 4 heterocycles. The molecule has 10 nitrogen and oxygen atoms in total. The normalized spacial score (nSPS) is 15.7. The third kappa shape index (κ3) is 8.71. The van der Waals surface area contributed by atoms with E-state index >= 15 is 4.39 Å². The molecular formula is C43H50F2N8O2. The Kier molecular flexibility index (Phi) is 12.1. The first-order valence-corrected chi connectivity index (χ1v) is 19.4. The third-order valence-corrected chi connectivity index (χ3v) is 11.4. The average molecular weight is 749 g/mol. The summed E-state index contributed by atoms with van der Waals surface area (Å²) in [6.45, 7) is 5.64. The van der Waals surface area contributed by atoms with Gasteiger partial charge in [-0.3, -0.25) is 10.00 Å². The minimum atomic E-state index is -0.463. The van der Waals surface area contributed by atoms with Crippen LogP contribution in [0.4, 0.5) is 25.0 Å². The molecule has 3 aromatic carbocycles. The number of rotatable bonds is 13. The summed E-state index contributed by atoms with van der Waals surface area (Å²) in [4.78, 5) is 33.9. The first-order valence-electron chi connectivity index (χ1n) is 19.4. The Morgan fingerprint density at radius 1 is 0.909 bits per heavy atom. The fourth-order valence-corrected chi connectivity index (χ4v) is 8.15. The van der Waals surface area contributed by atoms with Crippen molar-refractivity contribution in [3.05, 3.63) is 95.7 Å². The number of aldehydes is 1. The number of urea groups is 1. The number of H-pyrrole nitrogens is 1. The average Bonchev–Trinajstić information content (AvgIpc) is 3.65. The van der Waals surface area contributed by atoms with Gasteiger partial charge in [0.2, 0.25) is 0 Å². The van der Waals surface area contributed by atoms with Crippen LogP contribution in [0.1, 0.15) is 55.6 Å². The molecule has 288 valence electrons. The largest absolute Gasteiger partial charge is 0.371 e. The number of hydrogen-bond acceptors (Lipinski definition) is 7. The van der Waals surface area contributed by atoms with E-state index in [0.717, 1.165) is 86.9 Å². The predicted octanol–water partition coefficient (Wildman–Crippen LogP) is 7.51. The second kappa shape index (κ2) is 17.5. The quantitative estimate of drug-likeness (QED) is 0.107. The van der Waals surface area contributed by atoms with Gasteiger partial charge in [0.1, 0.15) is 23.6 Å². The number of aromatic amines is 1. The molecule has 0 saturated carbocycles. The van der Waals surface area contributed by atoms with Gasteiger partial charge in [-0.2, -0.15) is 5.10 Å². The van der Waals surface area contributed by atoms with Crippen LogP contribution < -0.4 is 20.4 Å². The number of carbonyl (C=O) groups excluding carboxylic acids is 2. The number of halogens is 2. The maximum Gasteiger partial charge on any atom is 0.321 e. The number of nitrogens with zero attached hydrogens (tertiary/aromatic N) is 5. The molecule has 5 aromatic rings. The van der Waals surface area contributed by atoms with E-state index in [2.05, 4.69) is 65.9 Å². The lowest BCUT2D eigenvalue weighted by Crippen LogP contribution is -2.39. The highest BCUT2D eigenvalue weighted by molar-refractivity contribution is 5.94. The molecule has 2 aliphatic heterocycles. The van der Waals surface area contributed by atoms with Crippen molar-refractivity contribution in [3.63, 3.8) is 0 Å². The van der Waals surface area contributed by atoms with E-state index in [1.165, 1.54) is 36.1 Å². The van der Waals surface area contributed by atoms with Crippen molar-refractivity contribution >= 4 is 34.7 Å². The van der Waals surface area contributed by atoms with Crippen LogP contribution in [0.3, 0.4) is 0 Å². The number of amides is 2. The molecule has 0 radical (unpaired) electrons. The minimum Gasteiger partial charge on any atom is -0.371 e. The van der Waals surface area contributed by atoms with Crippen LogP contribution in [-0.2, 0) is 11.3 Å². The van der Waals surface area contributed by atoms with Crippen molar-refractivity contribution < 1.29 is 18.4 Å². The molecule has 0 spiro atoms. The Bertz CT molecular complexity index is 2090. The van der Waals surface area contributed by atoms with E-state index in [4.69, 9.17) is 0 Å². The molecule has 2 saturated heterocycles. The van der Waals surface area contributed by atoms with Crippen molar-refractivity contribution in [2.45, 2.75) is 51.0 Å². The second-order valence-electron chi connectivity index (χ2n) is 14.8. The summed E-state index contributed by atoms with van der Waals surface area (Å²) in [7, 11) is 3.29. The number of aromatic nitrogens is 3. The molecule has 0 unspecified atom stereocenters. The fraction of sp³-hybridized carbons (Fsp3) is 0.395. The molecule has 12 heteroatoms. The number of piperidine rings is 2. The van der Waals surface area contributed by atoms with Gasteiger partial charge in [0.25, 0.3) is 0 Å². The van der Waals surface area contributed by atoms with Gasteiger partial charge in [-0.15, -0.1) is 0 Å². The number of anilines is 2. The minimum absolute atomic E-state index is 0.125. The van der Waals surface area contributed by atoms with Gasteiger partial charge < -0.3 is 25.2 Å². The predicted molar refractivity (Wildman–Crippen MR) is 214 cm³/mol. The standard InChI is InChI=1S/C43H50F2N8O2/c1-46-27-34-9-8-33(25-38(34)44)41-37-24-35(28-48-42(37)50-49-41)31-6-4-30(5-7-31)32-15-19-51(20-16-32)18-12-29-13-21-52(22-14-29)36-10-11-40(39(45)26-36)53(17-3-23-54)43(55)47-2/h4-11,23-26,28-29,32,46H,3,12-22,27H2,1-2H3,(H,47,55)(H,48,49,50). The van der Waals surface area contributed by atoms with Gasteiger partial charge in [-0.25, -0.2) is 18.6 Å². The van der Waals surface area contributed by atoms with Crippen LogP contribution in [0.5, 0.6) is 0 Å². The van der Waals surface area contributed by atoms with Crippen molar-refractivity contribution in [1.82, 2.24) is 30.7 Å². The van der Waals surface area contributed by atoms with Gasteiger partial charge in [-0.1, -0.05) is 36.4 Å². The van der Waals surface area contributed by atoms with Crippen LogP contribution in [-0.4, -0.2) is 85.8 Å². The summed E-state index contributed by atoms with van der Waals surface area (Å²) in [5, 5.41) is 13.9. The summed E-state index contributed by atoms with van der Waals surface area (Å²) in [6, 6.07) is 20.8. The molecule has 3 N–H and O–H groups in total. The van der Waals surface area contributed by atoms with Crippen LogP contribution >= 0.6 is 0 Å². The Balaban J connectivity index is 0.882. The van der Waals surface area contributed by atoms with E-state index < -0.39 is 11.8 Å². The van der Waals surface area contributed by atoms with Gasteiger partial charge in [-0.05, 0) is 112 Å². The maximum absolute atomic E-state index is 15.2. The lowest BCUT2D eigenvalue weighted by atomic mass is 9.88. The molecular weight excluding hydrogens is 699 g/mol. The van der Waals surface area contributed by atoms with Gasteiger partial charge >= 0.3 is 6.03 Å². The zero-order valence-electron chi connectivity index (χ0n) is 31.7. The number of pyridine rings is 1. The van der Waals surface area contributed by atoms with E-state index in [-0.39, 0.29) is 24.5 Å². The lowest BCUT2D eigenvalue weighted by molar-refractivity contribution is -0.107. The van der Waals surface area contributed by atoms with Crippen molar-refractivity contribution in [3.8, 4) is 22.4 Å². The highest BCUT2D eigenvalue weighted by atomic mass is 19.1. The topological polar surface area (TPSA) is 109 Å². The maximum atomic E-state index is 15.2. The number of nitrogens with one attached hydrogen (secondary N) is 3. The van der Waals surface area contributed by atoms with E-state index in [9.17, 15) is 14.0 Å². The summed E-state index contributed by atoms with van der Waals surface area (Å²) in [6.07, 6.45) is 8.33. The van der Waals surface area contributed by atoms with E-state index in [1.807, 2.05) is 18.3 Å². The SMILES string of the molecule is CNCc1ccc(-c2n[nH]c3ncc(-c4ccc(C5CCN(CCC6CCN(c7ccc(N(CCC=O)C(=O)NC)c(F)c7)CC6)CC5)cc4)cc23)cc1F. The third-order valence-electron chi connectivity index (χ3n) is 11.4. The fourth-order valence-electron chi connectivity index (χ4n) is 8.15. The molecule has 0 aliphatic carbocycles. The number of likely N-dealkylation sites (tertiary alicyclic amines) is 1. The highest BCUT2D eigenvalue weighted by Crippen LogP contribution is 2.34. The molecule has 0 atom stereocenters. The molecule has 2 aliphatic rings. The van der Waals surface area contributed by atoms with Crippen molar-refractivity contribution in [2.75, 3.05) is 63.2 Å². The molecule has 2 amide bonds.